The lowest BCUT2D eigenvalue weighted by atomic mass is 9.80. The van der Waals surface area contributed by atoms with E-state index >= 15 is 0 Å². The predicted octanol–water partition coefficient (Wildman–Crippen LogP) is 4.67. The van der Waals surface area contributed by atoms with Crippen molar-refractivity contribution >= 4 is 25.4 Å². The van der Waals surface area contributed by atoms with E-state index in [0.717, 1.165) is 16.4 Å². The maximum Gasteiger partial charge on any atom is 0.127 e. The van der Waals surface area contributed by atoms with Crippen LogP contribution < -0.4 is 10.6 Å². The maximum atomic E-state index is 11.0. The summed E-state index contributed by atoms with van der Waals surface area (Å²) in [5.41, 5.74) is 3.33. The summed E-state index contributed by atoms with van der Waals surface area (Å²) in [6, 6.07) is 12.6. The van der Waals surface area contributed by atoms with Crippen molar-refractivity contribution < 1.29 is 5.11 Å². The molecule has 1 atom stereocenters. The highest BCUT2D eigenvalue weighted by atomic mass is 31.1. The molecule has 0 heterocycles. The summed E-state index contributed by atoms with van der Waals surface area (Å²) in [6.07, 6.45) is 1.89. The molecule has 0 spiro atoms. The maximum absolute atomic E-state index is 11.0. The number of phenols is 1. The van der Waals surface area contributed by atoms with Gasteiger partial charge in [-0.3, -0.25) is 4.99 Å². The van der Waals surface area contributed by atoms with E-state index in [-0.39, 0.29) is 10.8 Å². The van der Waals surface area contributed by atoms with Crippen LogP contribution in [0.4, 0.5) is 0 Å². The van der Waals surface area contributed by atoms with Crippen LogP contribution in [-0.4, -0.2) is 18.4 Å². The van der Waals surface area contributed by atoms with Crippen LogP contribution in [0.1, 0.15) is 58.2 Å². The molecule has 134 valence electrons. The molecule has 0 fully saturated rings. The van der Waals surface area contributed by atoms with E-state index in [1.807, 2.05) is 18.3 Å². The molecule has 2 nitrogen and oxygen atoms in total. The fourth-order valence-electron chi connectivity index (χ4n) is 2.74. The van der Waals surface area contributed by atoms with Crippen molar-refractivity contribution in [1.29, 1.82) is 0 Å². The molecule has 25 heavy (non-hydrogen) atoms. The summed E-state index contributed by atoms with van der Waals surface area (Å²) in [6.45, 7) is 13.1. The van der Waals surface area contributed by atoms with Gasteiger partial charge in [0.2, 0.25) is 0 Å². The average Bonchev–Trinajstić information content (AvgIpc) is 2.49. The summed E-state index contributed by atoms with van der Waals surface area (Å²) in [7, 11) is 2.18. The monoisotopic (exact) mass is 355 g/mol. The standard InChI is InChI=1S/C22H30NOP/c1-21(2,3)16-12-17(22(4,5)6)20(24)19(13-16)25-18-11-9-8-10-15(18)14-23-7/h8-14,24-25H,1-7H3. The van der Waals surface area contributed by atoms with Crippen LogP contribution in [0.25, 0.3) is 0 Å². The number of rotatable bonds is 3. The Morgan fingerprint density at radius 2 is 1.56 bits per heavy atom. The molecule has 0 aliphatic carbocycles. The number of hydrogen-bond acceptors (Lipinski definition) is 2. The Labute approximate surface area is 154 Å². The Kier molecular flexibility index (Phi) is 5.74. The molecule has 2 aromatic rings. The highest BCUT2D eigenvalue weighted by molar-refractivity contribution is 7.56. The molecule has 3 heteroatoms. The lowest BCUT2D eigenvalue weighted by molar-refractivity contribution is 0.449. The molecule has 0 aromatic heterocycles. The second kappa shape index (κ2) is 7.30. The summed E-state index contributed by atoms with van der Waals surface area (Å²) in [5.74, 6) is 0.432. The SMILES string of the molecule is CN=Cc1ccccc1Pc1cc(C(C)(C)C)cc(C(C)(C)C)c1O. The second-order valence-corrected chi connectivity index (χ2v) is 9.85. The first-order valence-electron chi connectivity index (χ1n) is 8.70. The van der Waals surface area contributed by atoms with Gasteiger partial charge >= 0.3 is 0 Å². The van der Waals surface area contributed by atoms with Gasteiger partial charge in [-0.05, 0) is 33.3 Å². The largest absolute Gasteiger partial charge is 0.507 e. The summed E-state index contributed by atoms with van der Waals surface area (Å²) >= 11 is 0. The van der Waals surface area contributed by atoms with Crippen LogP contribution in [0.3, 0.4) is 0 Å². The van der Waals surface area contributed by atoms with Crippen LogP contribution in [0.5, 0.6) is 5.75 Å². The van der Waals surface area contributed by atoms with E-state index in [1.165, 1.54) is 10.9 Å². The van der Waals surface area contributed by atoms with E-state index in [0.29, 0.717) is 14.3 Å². The fourth-order valence-corrected chi connectivity index (χ4v) is 3.98. The highest BCUT2D eigenvalue weighted by Gasteiger charge is 2.25. The van der Waals surface area contributed by atoms with Crippen molar-refractivity contribution in [2.45, 2.75) is 52.4 Å². The van der Waals surface area contributed by atoms with Crippen molar-refractivity contribution in [3.8, 4) is 5.75 Å². The first-order valence-corrected chi connectivity index (χ1v) is 9.70. The smallest absolute Gasteiger partial charge is 0.127 e. The number of phenolic OH excluding ortho intramolecular Hbond substituents is 1. The van der Waals surface area contributed by atoms with Gasteiger partial charge in [-0.2, -0.15) is 0 Å². The Balaban J connectivity index is 2.61. The van der Waals surface area contributed by atoms with E-state index < -0.39 is 0 Å². The molecule has 0 amide bonds. The first kappa shape index (κ1) is 19.7. The highest BCUT2D eigenvalue weighted by Crippen LogP contribution is 2.36. The van der Waals surface area contributed by atoms with Gasteiger partial charge in [-0.15, -0.1) is 0 Å². The third-order valence-corrected chi connectivity index (χ3v) is 5.66. The molecule has 1 N–H and O–H groups in total. The molecule has 0 radical (unpaired) electrons. The minimum atomic E-state index is -0.102. The van der Waals surface area contributed by atoms with E-state index in [4.69, 9.17) is 0 Å². The Morgan fingerprint density at radius 1 is 0.920 bits per heavy atom. The molecule has 2 rings (SSSR count). The predicted molar refractivity (Wildman–Crippen MR) is 113 cm³/mol. The van der Waals surface area contributed by atoms with Crippen LogP contribution >= 0.6 is 8.58 Å². The van der Waals surface area contributed by atoms with Crippen molar-refractivity contribution in [3.63, 3.8) is 0 Å². The molecule has 0 aliphatic heterocycles. The fraction of sp³-hybridized carbons (Fsp3) is 0.409. The molecular weight excluding hydrogens is 325 g/mol. The average molecular weight is 355 g/mol. The van der Waals surface area contributed by atoms with E-state index in [2.05, 4.69) is 70.8 Å². The van der Waals surface area contributed by atoms with Crippen LogP contribution in [0.15, 0.2) is 41.4 Å². The summed E-state index contributed by atoms with van der Waals surface area (Å²) < 4.78 is 0. The van der Waals surface area contributed by atoms with Crippen molar-refractivity contribution in [2.24, 2.45) is 4.99 Å². The third kappa shape index (κ3) is 4.70. The number of aromatic hydroxyl groups is 1. The topological polar surface area (TPSA) is 32.6 Å². The number of benzene rings is 2. The zero-order valence-electron chi connectivity index (χ0n) is 16.4. The molecule has 0 saturated heterocycles. The zero-order chi connectivity index (χ0) is 18.8. The van der Waals surface area contributed by atoms with Gasteiger partial charge in [0.15, 0.2) is 0 Å². The van der Waals surface area contributed by atoms with Gasteiger partial charge in [0.1, 0.15) is 5.75 Å². The molecule has 0 saturated carbocycles. The van der Waals surface area contributed by atoms with Gasteiger partial charge < -0.3 is 5.11 Å². The molecular formula is C22H30NOP. The quantitative estimate of drug-likeness (QED) is 0.630. The van der Waals surface area contributed by atoms with Gasteiger partial charge in [0.25, 0.3) is 0 Å². The van der Waals surface area contributed by atoms with Crippen molar-refractivity contribution in [2.75, 3.05) is 7.05 Å². The Hall–Kier alpha value is -1.66. The minimum Gasteiger partial charge on any atom is -0.507 e. The molecule has 2 aromatic carbocycles. The number of hydrogen-bond donors (Lipinski definition) is 1. The van der Waals surface area contributed by atoms with Gasteiger partial charge in [-0.25, -0.2) is 0 Å². The normalized spacial score (nSPS) is 13.2. The van der Waals surface area contributed by atoms with Crippen LogP contribution in [0.2, 0.25) is 0 Å². The Morgan fingerprint density at radius 3 is 2.12 bits per heavy atom. The molecule has 0 aliphatic rings. The molecule has 1 unspecified atom stereocenters. The summed E-state index contributed by atoms with van der Waals surface area (Å²) in [4.78, 5) is 4.16. The lowest BCUT2D eigenvalue weighted by Crippen LogP contribution is -2.21. The Bertz CT molecular complexity index is 780. The van der Waals surface area contributed by atoms with Crippen LogP contribution in [-0.2, 0) is 10.8 Å². The summed E-state index contributed by atoms with van der Waals surface area (Å²) in [5, 5.41) is 13.2. The van der Waals surface area contributed by atoms with E-state index in [9.17, 15) is 5.11 Å². The lowest BCUT2D eigenvalue weighted by Gasteiger charge is -2.27. The minimum absolute atomic E-state index is 0.0390. The van der Waals surface area contributed by atoms with Gasteiger partial charge in [0, 0.05) is 24.1 Å². The first-order chi connectivity index (χ1) is 11.5. The van der Waals surface area contributed by atoms with Gasteiger partial charge in [-0.1, -0.05) is 80.5 Å². The molecule has 0 bridgehead atoms. The third-order valence-electron chi connectivity index (χ3n) is 4.28. The number of aliphatic imine (C=N–C) groups is 1. The van der Waals surface area contributed by atoms with E-state index in [1.54, 1.807) is 7.05 Å². The zero-order valence-corrected chi connectivity index (χ0v) is 17.4. The second-order valence-electron chi connectivity index (χ2n) is 8.52. The van der Waals surface area contributed by atoms with Crippen molar-refractivity contribution in [1.82, 2.24) is 0 Å². The number of nitrogens with zero attached hydrogens (tertiary/aromatic N) is 1. The van der Waals surface area contributed by atoms with Crippen molar-refractivity contribution in [3.05, 3.63) is 53.1 Å². The van der Waals surface area contributed by atoms with Crippen LogP contribution in [0, 0.1) is 0 Å². The van der Waals surface area contributed by atoms with Gasteiger partial charge in [0.05, 0.1) is 0 Å².